The highest BCUT2D eigenvalue weighted by Crippen LogP contribution is 2.26. The maximum atomic E-state index is 5.80. The largest absolute Gasteiger partial charge is 0.305 e. The van der Waals surface area contributed by atoms with E-state index in [1.165, 1.54) is 11.1 Å². The molecule has 0 aliphatic carbocycles. The third-order valence-electron chi connectivity index (χ3n) is 3.98. The summed E-state index contributed by atoms with van der Waals surface area (Å²) in [5, 5.41) is 3.69. The van der Waals surface area contributed by atoms with E-state index in [1.54, 1.807) is 5.54 Å². The molecule has 1 aromatic rings. The lowest BCUT2D eigenvalue weighted by atomic mass is 9.88. The number of benzene rings is 1. The van der Waals surface area contributed by atoms with E-state index in [0.29, 0.717) is 6.04 Å². The molecule has 2 nitrogen and oxygen atoms in total. The third-order valence-corrected chi connectivity index (χ3v) is 4.35. The van der Waals surface area contributed by atoms with Crippen molar-refractivity contribution in [3.05, 3.63) is 47.0 Å². The molecular formula is C16H23ClN2. The van der Waals surface area contributed by atoms with Crippen molar-refractivity contribution in [1.82, 2.24) is 10.2 Å². The SMILES string of the molecule is C/C(=C\Cl)CN1CC(C)(c2ccccc2)NCC1C. The number of piperazine rings is 1. The van der Waals surface area contributed by atoms with Gasteiger partial charge in [0, 0.05) is 31.2 Å². The van der Waals surface area contributed by atoms with Gasteiger partial charge in [0.15, 0.2) is 0 Å². The zero-order chi connectivity index (χ0) is 13.9. The molecule has 0 bridgehead atoms. The van der Waals surface area contributed by atoms with E-state index < -0.39 is 0 Å². The summed E-state index contributed by atoms with van der Waals surface area (Å²) in [7, 11) is 0. The van der Waals surface area contributed by atoms with Gasteiger partial charge in [0.2, 0.25) is 0 Å². The van der Waals surface area contributed by atoms with Gasteiger partial charge in [-0.3, -0.25) is 4.90 Å². The molecule has 2 rings (SSSR count). The summed E-state index contributed by atoms with van der Waals surface area (Å²) in [6.45, 7) is 9.57. The van der Waals surface area contributed by atoms with Gasteiger partial charge in [-0.2, -0.15) is 0 Å². The number of nitrogens with one attached hydrogen (secondary N) is 1. The highest BCUT2D eigenvalue weighted by Gasteiger charge is 2.35. The van der Waals surface area contributed by atoms with Crippen LogP contribution in [0.3, 0.4) is 0 Å². The molecule has 104 valence electrons. The molecule has 3 heteroatoms. The van der Waals surface area contributed by atoms with Crippen molar-refractivity contribution in [2.75, 3.05) is 19.6 Å². The average molecular weight is 279 g/mol. The van der Waals surface area contributed by atoms with E-state index >= 15 is 0 Å². The van der Waals surface area contributed by atoms with E-state index in [0.717, 1.165) is 19.6 Å². The first-order valence-electron chi connectivity index (χ1n) is 6.85. The van der Waals surface area contributed by atoms with Crippen LogP contribution in [0.15, 0.2) is 41.4 Å². The van der Waals surface area contributed by atoms with Crippen LogP contribution in [0.1, 0.15) is 26.3 Å². The lowest BCUT2D eigenvalue weighted by molar-refractivity contribution is 0.104. The van der Waals surface area contributed by atoms with Gasteiger partial charge in [0.05, 0.1) is 5.54 Å². The van der Waals surface area contributed by atoms with Crippen molar-refractivity contribution in [2.24, 2.45) is 0 Å². The van der Waals surface area contributed by atoms with Crippen LogP contribution < -0.4 is 5.32 Å². The van der Waals surface area contributed by atoms with Crippen LogP contribution in [0.2, 0.25) is 0 Å². The standard InChI is InChI=1S/C16H23ClN2/c1-13(9-17)11-19-12-16(3,18-10-14(19)2)15-7-5-4-6-8-15/h4-9,14,18H,10-12H2,1-3H3/b13-9+. The van der Waals surface area contributed by atoms with E-state index in [4.69, 9.17) is 11.6 Å². The quantitative estimate of drug-likeness (QED) is 0.912. The Labute approximate surface area is 121 Å². The lowest BCUT2D eigenvalue weighted by Crippen LogP contribution is -2.60. The van der Waals surface area contributed by atoms with Gasteiger partial charge >= 0.3 is 0 Å². The first kappa shape index (κ1) is 14.6. The Morgan fingerprint density at radius 3 is 2.79 bits per heavy atom. The molecule has 0 spiro atoms. The first-order valence-corrected chi connectivity index (χ1v) is 7.29. The molecule has 1 saturated heterocycles. The van der Waals surface area contributed by atoms with Crippen molar-refractivity contribution < 1.29 is 0 Å². The van der Waals surface area contributed by atoms with E-state index in [2.05, 4.69) is 61.3 Å². The molecule has 2 atom stereocenters. The van der Waals surface area contributed by atoms with Crippen LogP contribution in [-0.2, 0) is 5.54 Å². The minimum absolute atomic E-state index is 0.0142. The molecule has 0 saturated carbocycles. The molecule has 1 aromatic carbocycles. The van der Waals surface area contributed by atoms with Gasteiger partial charge in [-0.25, -0.2) is 0 Å². The topological polar surface area (TPSA) is 15.3 Å². The van der Waals surface area contributed by atoms with E-state index in [9.17, 15) is 0 Å². The minimum atomic E-state index is 0.0142. The summed E-state index contributed by atoms with van der Waals surface area (Å²) in [4.78, 5) is 2.50. The molecule has 1 N–H and O–H groups in total. The Balaban J connectivity index is 2.16. The molecular weight excluding hydrogens is 256 g/mol. The molecule has 1 fully saturated rings. The molecule has 19 heavy (non-hydrogen) atoms. The Bertz CT molecular complexity index is 443. The Kier molecular flexibility index (Phi) is 4.67. The van der Waals surface area contributed by atoms with Gasteiger partial charge in [-0.15, -0.1) is 0 Å². The summed E-state index contributed by atoms with van der Waals surface area (Å²) in [5.41, 5.74) is 4.26. The molecule has 0 aromatic heterocycles. The van der Waals surface area contributed by atoms with Crippen molar-refractivity contribution in [3.63, 3.8) is 0 Å². The predicted molar refractivity (Wildman–Crippen MR) is 82.4 cm³/mol. The fourth-order valence-corrected chi connectivity index (χ4v) is 2.75. The van der Waals surface area contributed by atoms with Crippen molar-refractivity contribution in [3.8, 4) is 0 Å². The smallest absolute Gasteiger partial charge is 0.0535 e. The highest BCUT2D eigenvalue weighted by molar-refractivity contribution is 6.25. The van der Waals surface area contributed by atoms with Gasteiger partial charge < -0.3 is 5.32 Å². The molecule has 2 unspecified atom stereocenters. The zero-order valence-electron chi connectivity index (χ0n) is 12.0. The lowest BCUT2D eigenvalue weighted by Gasteiger charge is -2.45. The minimum Gasteiger partial charge on any atom is -0.305 e. The van der Waals surface area contributed by atoms with Crippen LogP contribution in [0.5, 0.6) is 0 Å². The fourth-order valence-electron chi connectivity index (χ4n) is 2.69. The highest BCUT2D eigenvalue weighted by atomic mass is 35.5. The second-order valence-corrected chi connectivity index (χ2v) is 6.01. The normalized spacial score (nSPS) is 29.5. The number of halogens is 1. The molecule has 0 radical (unpaired) electrons. The van der Waals surface area contributed by atoms with Crippen LogP contribution in [0.4, 0.5) is 0 Å². The number of hydrogen-bond donors (Lipinski definition) is 1. The van der Waals surface area contributed by atoms with Crippen molar-refractivity contribution in [1.29, 1.82) is 0 Å². The molecule has 1 aliphatic rings. The van der Waals surface area contributed by atoms with E-state index in [1.807, 2.05) is 0 Å². The maximum absolute atomic E-state index is 5.80. The summed E-state index contributed by atoms with van der Waals surface area (Å²) < 4.78 is 0. The Morgan fingerprint density at radius 1 is 1.47 bits per heavy atom. The maximum Gasteiger partial charge on any atom is 0.0535 e. The monoisotopic (exact) mass is 278 g/mol. The summed E-state index contributed by atoms with van der Waals surface area (Å²) in [6, 6.07) is 11.2. The fraction of sp³-hybridized carbons (Fsp3) is 0.500. The number of hydrogen-bond acceptors (Lipinski definition) is 2. The molecule has 1 heterocycles. The Morgan fingerprint density at radius 2 is 2.16 bits per heavy atom. The predicted octanol–water partition coefficient (Wildman–Crippen LogP) is 3.34. The van der Waals surface area contributed by atoms with E-state index in [-0.39, 0.29) is 5.54 Å². The average Bonchev–Trinajstić information content (AvgIpc) is 2.44. The second kappa shape index (κ2) is 6.08. The van der Waals surface area contributed by atoms with Crippen LogP contribution in [-0.4, -0.2) is 30.6 Å². The van der Waals surface area contributed by atoms with Gasteiger partial charge in [-0.05, 0) is 31.9 Å². The van der Waals surface area contributed by atoms with Crippen LogP contribution >= 0.6 is 11.6 Å². The van der Waals surface area contributed by atoms with Gasteiger partial charge in [0.25, 0.3) is 0 Å². The van der Waals surface area contributed by atoms with Gasteiger partial charge in [0.1, 0.15) is 0 Å². The number of rotatable bonds is 3. The second-order valence-electron chi connectivity index (χ2n) is 5.79. The zero-order valence-corrected chi connectivity index (χ0v) is 12.7. The summed E-state index contributed by atoms with van der Waals surface area (Å²) >= 11 is 5.80. The molecule has 0 amide bonds. The summed E-state index contributed by atoms with van der Waals surface area (Å²) in [5.74, 6) is 0. The van der Waals surface area contributed by atoms with Gasteiger partial charge in [-0.1, -0.05) is 41.9 Å². The Hall–Kier alpha value is -0.830. The van der Waals surface area contributed by atoms with Crippen LogP contribution in [0, 0.1) is 0 Å². The molecule has 1 aliphatic heterocycles. The van der Waals surface area contributed by atoms with Crippen molar-refractivity contribution >= 4 is 11.6 Å². The number of nitrogens with zero attached hydrogens (tertiary/aromatic N) is 1. The van der Waals surface area contributed by atoms with Crippen molar-refractivity contribution in [2.45, 2.75) is 32.4 Å². The first-order chi connectivity index (χ1) is 9.05. The van der Waals surface area contributed by atoms with Crippen LogP contribution in [0.25, 0.3) is 0 Å². The third kappa shape index (κ3) is 3.38. The summed E-state index contributed by atoms with van der Waals surface area (Å²) in [6.07, 6.45) is 0.